The summed E-state index contributed by atoms with van der Waals surface area (Å²) in [5.41, 5.74) is 0.623. The molecule has 1 aromatic rings. The maximum Gasteiger partial charge on any atom is 0.180 e. The lowest BCUT2D eigenvalue weighted by Crippen LogP contribution is -2.46. The number of rotatable bonds is 5. The fourth-order valence-corrected chi connectivity index (χ4v) is 2.49. The van der Waals surface area contributed by atoms with Crippen molar-refractivity contribution < 1.29 is 15.0 Å². The first-order valence-electron chi connectivity index (χ1n) is 7.11. The molecule has 1 fully saturated rings. The lowest BCUT2D eigenvalue weighted by Gasteiger charge is -2.31. The number of nitrogens with zero attached hydrogens (tertiary/aromatic N) is 2. The number of ketones is 1. The second-order valence-corrected chi connectivity index (χ2v) is 5.45. The third-order valence-electron chi connectivity index (χ3n) is 3.87. The lowest BCUT2D eigenvalue weighted by atomic mass is 10.0. The van der Waals surface area contributed by atoms with E-state index in [0.29, 0.717) is 18.5 Å². The average Bonchev–Trinajstić information content (AvgIpc) is 2.46. The van der Waals surface area contributed by atoms with Crippen LogP contribution in [0.25, 0.3) is 0 Å². The van der Waals surface area contributed by atoms with Crippen molar-refractivity contribution in [3.63, 3.8) is 0 Å². The normalized spacial score (nSPS) is 16.8. The van der Waals surface area contributed by atoms with Crippen molar-refractivity contribution in [2.24, 2.45) is 0 Å². The van der Waals surface area contributed by atoms with Gasteiger partial charge in [0.25, 0.3) is 0 Å². The molecule has 0 unspecified atom stereocenters. The Kier molecular flexibility index (Phi) is 4.98. The average molecular weight is 290 g/mol. The number of likely N-dealkylation sites (N-methyl/N-ethyl adjacent to an activating group) is 1. The van der Waals surface area contributed by atoms with E-state index in [2.05, 4.69) is 23.4 Å². The summed E-state index contributed by atoms with van der Waals surface area (Å²) in [4.78, 5) is 16.7. The van der Waals surface area contributed by atoms with E-state index in [9.17, 15) is 15.0 Å². The van der Waals surface area contributed by atoms with Crippen LogP contribution in [0.4, 0.5) is 0 Å². The molecule has 2 N–H and O–H groups in total. The Morgan fingerprint density at radius 2 is 1.95 bits per heavy atom. The molecular formula is C16H22N2O3. The second-order valence-electron chi connectivity index (χ2n) is 5.45. The minimum absolute atomic E-state index is 0.0106. The van der Waals surface area contributed by atoms with Crippen LogP contribution in [0.5, 0.6) is 11.5 Å². The van der Waals surface area contributed by atoms with Crippen molar-refractivity contribution >= 4 is 5.78 Å². The Morgan fingerprint density at radius 3 is 2.57 bits per heavy atom. The van der Waals surface area contributed by atoms with Gasteiger partial charge in [-0.25, -0.2) is 0 Å². The Bertz CT molecular complexity index is 535. The maximum atomic E-state index is 12.4. The first-order valence-corrected chi connectivity index (χ1v) is 7.11. The van der Waals surface area contributed by atoms with Crippen LogP contribution in [0.1, 0.15) is 15.9 Å². The predicted octanol–water partition coefficient (Wildman–Crippen LogP) is 1.26. The summed E-state index contributed by atoms with van der Waals surface area (Å²) < 4.78 is 0. The number of allylic oxidation sites excluding steroid dienone is 1. The molecule has 0 atom stereocenters. The number of aromatic hydroxyl groups is 2. The van der Waals surface area contributed by atoms with Gasteiger partial charge in [-0.15, -0.1) is 6.58 Å². The van der Waals surface area contributed by atoms with E-state index in [1.165, 1.54) is 12.1 Å². The van der Waals surface area contributed by atoms with E-state index in [0.717, 1.165) is 26.2 Å². The van der Waals surface area contributed by atoms with E-state index in [1.54, 1.807) is 6.08 Å². The Balaban J connectivity index is 2.12. The van der Waals surface area contributed by atoms with E-state index in [-0.39, 0.29) is 22.8 Å². The van der Waals surface area contributed by atoms with Crippen LogP contribution in [-0.2, 0) is 6.42 Å². The van der Waals surface area contributed by atoms with Gasteiger partial charge in [0, 0.05) is 31.7 Å². The van der Waals surface area contributed by atoms with Gasteiger partial charge in [0.05, 0.1) is 12.1 Å². The minimum Gasteiger partial charge on any atom is -0.508 e. The van der Waals surface area contributed by atoms with Crippen molar-refractivity contribution in [2.45, 2.75) is 6.42 Å². The number of benzene rings is 1. The van der Waals surface area contributed by atoms with Gasteiger partial charge in [-0.05, 0) is 25.6 Å². The number of hydrogen-bond acceptors (Lipinski definition) is 5. The number of hydrogen-bond donors (Lipinski definition) is 2. The van der Waals surface area contributed by atoms with Crippen LogP contribution in [-0.4, -0.2) is 65.6 Å². The van der Waals surface area contributed by atoms with Crippen LogP contribution in [0.2, 0.25) is 0 Å². The van der Waals surface area contributed by atoms with E-state index in [4.69, 9.17) is 0 Å². The number of phenolic OH excluding ortho intramolecular Hbond substituents is 2. The molecular weight excluding hydrogens is 268 g/mol. The zero-order valence-corrected chi connectivity index (χ0v) is 12.4. The fourth-order valence-electron chi connectivity index (χ4n) is 2.49. The molecule has 2 rings (SSSR count). The molecule has 0 amide bonds. The first-order chi connectivity index (χ1) is 10.0. The number of carbonyl (C=O) groups is 1. The third kappa shape index (κ3) is 3.62. The summed E-state index contributed by atoms with van der Waals surface area (Å²) in [5.74, 6) is -0.264. The van der Waals surface area contributed by atoms with E-state index in [1.807, 2.05) is 0 Å². The van der Waals surface area contributed by atoms with Crippen molar-refractivity contribution in [1.29, 1.82) is 0 Å². The highest BCUT2D eigenvalue weighted by molar-refractivity contribution is 6.00. The van der Waals surface area contributed by atoms with Gasteiger partial charge in [0.2, 0.25) is 0 Å². The van der Waals surface area contributed by atoms with Crippen molar-refractivity contribution in [2.75, 3.05) is 39.8 Å². The topological polar surface area (TPSA) is 64.0 Å². The SMILES string of the molecule is C=CCc1c(O)ccc(C(=O)CN2CCN(C)CC2)c1O. The molecule has 5 nitrogen and oxygen atoms in total. The molecule has 114 valence electrons. The number of phenols is 2. The molecule has 1 heterocycles. The third-order valence-corrected chi connectivity index (χ3v) is 3.87. The van der Waals surface area contributed by atoms with Crippen LogP contribution < -0.4 is 0 Å². The number of Topliss-reactive ketones (excluding diaryl/α,β-unsaturated/α-hetero) is 1. The summed E-state index contributed by atoms with van der Waals surface area (Å²) in [7, 11) is 2.06. The summed E-state index contributed by atoms with van der Waals surface area (Å²) >= 11 is 0. The number of carbonyl (C=O) groups excluding carboxylic acids is 1. The monoisotopic (exact) mass is 290 g/mol. The Labute approximate surface area is 125 Å². The molecule has 0 aliphatic carbocycles. The fraction of sp³-hybridized carbons (Fsp3) is 0.438. The molecule has 0 bridgehead atoms. The molecule has 5 heteroatoms. The highest BCUT2D eigenvalue weighted by Gasteiger charge is 2.21. The molecule has 0 spiro atoms. The Morgan fingerprint density at radius 1 is 1.29 bits per heavy atom. The summed E-state index contributed by atoms with van der Waals surface area (Å²) in [5, 5.41) is 19.9. The van der Waals surface area contributed by atoms with Crippen LogP contribution in [0.15, 0.2) is 24.8 Å². The molecule has 1 aromatic carbocycles. The van der Waals surface area contributed by atoms with E-state index < -0.39 is 0 Å². The van der Waals surface area contributed by atoms with Gasteiger partial charge in [-0.1, -0.05) is 6.08 Å². The van der Waals surface area contributed by atoms with E-state index >= 15 is 0 Å². The molecule has 1 aliphatic heterocycles. The number of piperazine rings is 1. The Hall–Kier alpha value is -1.85. The van der Waals surface area contributed by atoms with Gasteiger partial charge >= 0.3 is 0 Å². The van der Waals surface area contributed by atoms with Crippen LogP contribution in [0, 0.1) is 0 Å². The molecule has 0 saturated carbocycles. The first kappa shape index (κ1) is 15.5. The lowest BCUT2D eigenvalue weighted by molar-refractivity contribution is 0.0873. The smallest absolute Gasteiger partial charge is 0.180 e. The zero-order valence-electron chi connectivity index (χ0n) is 12.4. The standard InChI is InChI=1S/C16H22N2O3/c1-3-4-12-14(19)6-5-13(16(12)21)15(20)11-18-9-7-17(2)8-10-18/h3,5-6,19,21H,1,4,7-11H2,2H3. The minimum atomic E-state index is -0.131. The predicted molar refractivity (Wildman–Crippen MR) is 81.9 cm³/mol. The highest BCUT2D eigenvalue weighted by Crippen LogP contribution is 2.31. The van der Waals surface area contributed by atoms with Gasteiger partial charge in [-0.2, -0.15) is 0 Å². The van der Waals surface area contributed by atoms with Crippen molar-refractivity contribution in [3.05, 3.63) is 35.9 Å². The van der Waals surface area contributed by atoms with Crippen molar-refractivity contribution in [1.82, 2.24) is 9.80 Å². The van der Waals surface area contributed by atoms with Gasteiger partial charge in [0.1, 0.15) is 11.5 Å². The van der Waals surface area contributed by atoms with Crippen LogP contribution >= 0.6 is 0 Å². The summed E-state index contributed by atoms with van der Waals surface area (Å²) in [6.45, 7) is 7.46. The largest absolute Gasteiger partial charge is 0.508 e. The second kappa shape index (κ2) is 6.74. The molecule has 0 aromatic heterocycles. The summed E-state index contributed by atoms with van der Waals surface area (Å²) in [6, 6.07) is 2.94. The molecule has 0 radical (unpaired) electrons. The molecule has 1 aliphatic rings. The van der Waals surface area contributed by atoms with Gasteiger partial charge in [0.15, 0.2) is 5.78 Å². The van der Waals surface area contributed by atoms with Crippen molar-refractivity contribution in [3.8, 4) is 11.5 Å². The zero-order chi connectivity index (χ0) is 15.4. The molecule has 21 heavy (non-hydrogen) atoms. The van der Waals surface area contributed by atoms with Crippen LogP contribution in [0.3, 0.4) is 0 Å². The van der Waals surface area contributed by atoms with Gasteiger partial charge < -0.3 is 15.1 Å². The maximum absolute atomic E-state index is 12.4. The van der Waals surface area contributed by atoms with Gasteiger partial charge in [-0.3, -0.25) is 9.69 Å². The highest BCUT2D eigenvalue weighted by atomic mass is 16.3. The summed E-state index contributed by atoms with van der Waals surface area (Å²) in [6.07, 6.45) is 1.91. The quantitative estimate of drug-likeness (QED) is 0.631. The molecule has 1 saturated heterocycles.